The fraction of sp³-hybridized carbons (Fsp3) is 1.00. The van der Waals surface area contributed by atoms with Gasteiger partial charge in [-0.15, -0.1) is 0 Å². The predicted octanol–water partition coefficient (Wildman–Crippen LogP) is 4.30. The molecule has 0 aromatic carbocycles. The van der Waals surface area contributed by atoms with Gasteiger partial charge in [-0.05, 0) is 25.7 Å². The van der Waals surface area contributed by atoms with Crippen molar-refractivity contribution in [1.82, 2.24) is 0 Å². The summed E-state index contributed by atoms with van der Waals surface area (Å²) in [5.41, 5.74) is -1.16. The van der Waals surface area contributed by atoms with Crippen molar-refractivity contribution in [2.75, 3.05) is 13.2 Å². The van der Waals surface area contributed by atoms with Crippen LogP contribution in [0.3, 0.4) is 0 Å². The van der Waals surface area contributed by atoms with Gasteiger partial charge in [-0.1, -0.05) is 34.6 Å². The molecule has 1 heterocycles. The van der Waals surface area contributed by atoms with Crippen molar-refractivity contribution in [3.05, 3.63) is 0 Å². The number of hydrogen-bond donors (Lipinski definition) is 3. The largest absolute Gasteiger partial charge is 0.472 e. The summed E-state index contributed by atoms with van der Waals surface area (Å²) in [6.45, 7) is 9.60. The van der Waals surface area contributed by atoms with Gasteiger partial charge in [-0.3, -0.25) is 18.2 Å². The van der Waals surface area contributed by atoms with E-state index in [-0.39, 0.29) is 37.6 Å². The lowest BCUT2D eigenvalue weighted by molar-refractivity contribution is -0.0173. The minimum atomic E-state index is -4.51. The summed E-state index contributed by atoms with van der Waals surface area (Å²) < 4.78 is 63.8. The smallest absolute Gasteiger partial charge is 0.370 e. The van der Waals surface area contributed by atoms with E-state index in [4.69, 9.17) is 22.8 Å². The van der Waals surface area contributed by atoms with Gasteiger partial charge in [-0.25, -0.2) is 4.57 Å². The average Bonchev–Trinajstić information content (AvgIpc) is 3.18. The summed E-state index contributed by atoms with van der Waals surface area (Å²) in [7, 11) is -12.1. The molecule has 0 aromatic heterocycles. The van der Waals surface area contributed by atoms with E-state index < -0.39 is 52.6 Å². The van der Waals surface area contributed by atoms with E-state index in [0.29, 0.717) is 12.8 Å². The second-order valence-corrected chi connectivity index (χ2v) is 15.9. The van der Waals surface area contributed by atoms with Crippen LogP contribution in [0.2, 0.25) is 0 Å². The maximum absolute atomic E-state index is 12.6. The Morgan fingerprint density at radius 1 is 0.818 bits per heavy atom. The van der Waals surface area contributed by atoms with Gasteiger partial charge in [0.2, 0.25) is 0 Å². The maximum atomic E-state index is 12.6. The molecule has 0 amide bonds. The lowest BCUT2D eigenvalue weighted by Crippen LogP contribution is -2.29. The van der Waals surface area contributed by atoms with Gasteiger partial charge >= 0.3 is 23.0 Å². The van der Waals surface area contributed by atoms with Crippen LogP contribution >= 0.6 is 23.0 Å². The highest BCUT2D eigenvalue weighted by Crippen LogP contribution is 2.54. The standard InChI is InChI=1S/C19H39O11P3/c1-12(2)31(20,21)26-11-19-18(9-15(6)28-19)30-33(24,25)27-10-16-7-14(5)8-17(16)29-32(22,23)13(3)4/h12-19H,7-11H2,1-6H3,(H,20,21)(H,22,23)(H,24,25)/t14-,15+,16-,17+,18+,19-/m1/s1. The molecule has 196 valence electrons. The van der Waals surface area contributed by atoms with Crippen LogP contribution in [0.1, 0.15) is 60.8 Å². The molecule has 3 unspecified atom stereocenters. The molecule has 3 N–H and O–H groups in total. The van der Waals surface area contributed by atoms with Crippen LogP contribution in [-0.2, 0) is 36.5 Å². The Kier molecular flexibility index (Phi) is 10.4. The molecule has 0 spiro atoms. The van der Waals surface area contributed by atoms with Crippen molar-refractivity contribution in [1.29, 1.82) is 0 Å². The molecule has 0 radical (unpaired) electrons. The molecule has 33 heavy (non-hydrogen) atoms. The summed E-state index contributed by atoms with van der Waals surface area (Å²) in [5, 5.41) is 0. The maximum Gasteiger partial charge on any atom is 0.472 e. The predicted molar refractivity (Wildman–Crippen MR) is 122 cm³/mol. The SMILES string of the molecule is CC(C)P(=O)(O)OC[C@H]1O[C@@H](C)C[C@@H]1OP(=O)(O)OC[C@H]1C[C@@H](C)C[C@@H]1OP(=O)(O)C(C)C. The third-order valence-corrected chi connectivity index (χ3v) is 10.7. The lowest BCUT2D eigenvalue weighted by Gasteiger charge is -2.26. The normalized spacial score (nSPS) is 36.1. The Morgan fingerprint density at radius 3 is 2.00 bits per heavy atom. The Labute approximate surface area is 196 Å². The summed E-state index contributed by atoms with van der Waals surface area (Å²) in [6, 6.07) is 0. The molecule has 1 saturated carbocycles. The number of ether oxygens (including phenoxy) is 1. The molecule has 0 aromatic rings. The van der Waals surface area contributed by atoms with E-state index in [1.54, 1.807) is 34.6 Å². The minimum absolute atomic E-state index is 0.176. The highest BCUT2D eigenvalue weighted by molar-refractivity contribution is 7.53. The van der Waals surface area contributed by atoms with Crippen LogP contribution in [0, 0.1) is 11.8 Å². The van der Waals surface area contributed by atoms with Gasteiger partial charge < -0.3 is 28.5 Å². The molecule has 2 aliphatic rings. The lowest BCUT2D eigenvalue weighted by atomic mass is 10.1. The zero-order chi connectivity index (χ0) is 25.2. The molecule has 1 saturated heterocycles. The minimum Gasteiger partial charge on any atom is -0.370 e. The quantitative estimate of drug-likeness (QED) is 0.305. The zero-order valence-corrected chi connectivity index (χ0v) is 22.8. The summed E-state index contributed by atoms with van der Waals surface area (Å²) in [6.07, 6.45) is -1.09. The van der Waals surface area contributed by atoms with Gasteiger partial charge in [0.05, 0.1) is 36.7 Å². The summed E-state index contributed by atoms with van der Waals surface area (Å²) in [5.74, 6) is -0.136. The highest BCUT2D eigenvalue weighted by atomic mass is 31.2. The summed E-state index contributed by atoms with van der Waals surface area (Å²) >= 11 is 0. The fourth-order valence-corrected chi connectivity index (χ4v) is 6.43. The molecular weight excluding hydrogens is 497 g/mol. The second kappa shape index (κ2) is 11.6. The van der Waals surface area contributed by atoms with Gasteiger partial charge in [0, 0.05) is 12.3 Å². The number of phosphoric acid groups is 1. The van der Waals surface area contributed by atoms with E-state index in [1.165, 1.54) is 0 Å². The second-order valence-electron chi connectivity index (χ2n) is 9.72. The van der Waals surface area contributed by atoms with Crippen LogP contribution in [-0.4, -0.2) is 63.6 Å². The van der Waals surface area contributed by atoms with E-state index in [2.05, 4.69) is 0 Å². The Balaban J connectivity index is 1.95. The summed E-state index contributed by atoms with van der Waals surface area (Å²) in [4.78, 5) is 30.2. The monoisotopic (exact) mass is 536 g/mol. The first-order valence-corrected chi connectivity index (χ1v) is 16.1. The highest BCUT2D eigenvalue weighted by Gasteiger charge is 2.43. The molecule has 2 rings (SSSR count). The van der Waals surface area contributed by atoms with Crippen LogP contribution in [0.4, 0.5) is 0 Å². The Hall–Kier alpha value is 0.370. The molecule has 0 bridgehead atoms. The Bertz CT molecular complexity index is 789. The average molecular weight is 536 g/mol. The van der Waals surface area contributed by atoms with Gasteiger partial charge in [0.1, 0.15) is 12.2 Å². The first kappa shape index (κ1) is 29.6. The topological polar surface area (TPSA) is 158 Å². The van der Waals surface area contributed by atoms with Crippen molar-refractivity contribution in [2.45, 2.75) is 96.5 Å². The van der Waals surface area contributed by atoms with Crippen molar-refractivity contribution < 1.29 is 51.2 Å². The molecule has 11 nitrogen and oxygen atoms in total. The van der Waals surface area contributed by atoms with Crippen LogP contribution in [0.25, 0.3) is 0 Å². The van der Waals surface area contributed by atoms with Crippen molar-refractivity contribution >= 4 is 23.0 Å². The zero-order valence-electron chi connectivity index (χ0n) is 20.1. The molecule has 14 heteroatoms. The fourth-order valence-electron chi connectivity index (χ4n) is 3.87. The number of phosphoric ester groups is 1. The van der Waals surface area contributed by atoms with E-state index in [9.17, 15) is 28.4 Å². The first-order chi connectivity index (χ1) is 15.0. The van der Waals surface area contributed by atoms with Gasteiger partial charge in [0.15, 0.2) is 0 Å². The van der Waals surface area contributed by atoms with Crippen LogP contribution < -0.4 is 0 Å². The number of rotatable bonds is 12. The number of hydrogen-bond acceptors (Lipinski definition) is 8. The van der Waals surface area contributed by atoms with Crippen LogP contribution in [0.15, 0.2) is 0 Å². The third-order valence-electron chi connectivity index (χ3n) is 5.99. The van der Waals surface area contributed by atoms with Gasteiger partial charge in [-0.2, -0.15) is 0 Å². The Morgan fingerprint density at radius 2 is 1.42 bits per heavy atom. The van der Waals surface area contributed by atoms with Crippen molar-refractivity contribution in [3.8, 4) is 0 Å². The molecular formula is C19H39O11P3. The first-order valence-electron chi connectivity index (χ1n) is 11.3. The van der Waals surface area contributed by atoms with Crippen LogP contribution in [0.5, 0.6) is 0 Å². The molecule has 1 aliphatic heterocycles. The molecule has 2 fully saturated rings. The van der Waals surface area contributed by atoms with E-state index in [1.807, 2.05) is 6.92 Å². The third kappa shape index (κ3) is 8.76. The van der Waals surface area contributed by atoms with Crippen molar-refractivity contribution in [3.63, 3.8) is 0 Å². The van der Waals surface area contributed by atoms with Crippen molar-refractivity contribution in [2.24, 2.45) is 11.8 Å². The van der Waals surface area contributed by atoms with Gasteiger partial charge in [0.25, 0.3) is 0 Å². The van der Waals surface area contributed by atoms with E-state index in [0.717, 1.165) is 0 Å². The molecule has 1 aliphatic carbocycles. The van der Waals surface area contributed by atoms with E-state index >= 15 is 0 Å². The molecule has 9 atom stereocenters.